The van der Waals surface area contributed by atoms with Gasteiger partial charge in [0.25, 0.3) is 0 Å². The normalized spacial score (nSPS) is 11.4. The molecule has 0 heterocycles. The average Bonchev–Trinajstić information content (AvgIpc) is 2.44. The number of benzene rings is 2. The lowest BCUT2D eigenvalue weighted by atomic mass is 9.93. The third-order valence-corrected chi connectivity index (χ3v) is 3.77. The van der Waals surface area contributed by atoms with Gasteiger partial charge in [0.15, 0.2) is 0 Å². The zero-order valence-corrected chi connectivity index (χ0v) is 13.5. The van der Waals surface area contributed by atoms with Crippen LogP contribution in [-0.2, 0) is 9.53 Å². The molecule has 0 aliphatic carbocycles. The van der Waals surface area contributed by atoms with Gasteiger partial charge in [0.1, 0.15) is 0 Å². The molecule has 0 aliphatic rings. The first-order valence-corrected chi connectivity index (χ1v) is 7.23. The molecule has 2 aromatic rings. The van der Waals surface area contributed by atoms with Crippen LogP contribution in [0.1, 0.15) is 13.8 Å². The molecule has 0 fully saturated rings. The first kappa shape index (κ1) is 14.9. The van der Waals surface area contributed by atoms with E-state index in [1.54, 1.807) is 0 Å². The first-order valence-electron chi connectivity index (χ1n) is 6.44. The van der Waals surface area contributed by atoms with Gasteiger partial charge in [0.05, 0.1) is 12.5 Å². The largest absolute Gasteiger partial charge is 0.469 e. The number of carbonyl (C=O) groups is 1. The van der Waals surface area contributed by atoms with Crippen molar-refractivity contribution in [1.82, 2.24) is 0 Å². The molecule has 4 heteroatoms. The molecule has 0 aromatic heterocycles. The van der Waals surface area contributed by atoms with Crippen molar-refractivity contribution in [2.75, 3.05) is 19.0 Å². The highest BCUT2D eigenvalue weighted by Gasteiger charge is 2.28. The van der Waals surface area contributed by atoms with Gasteiger partial charge in [-0.15, -0.1) is 0 Å². The lowest BCUT2D eigenvalue weighted by molar-refractivity contribution is -0.149. The molecule has 0 unspecified atom stereocenters. The van der Waals surface area contributed by atoms with Crippen molar-refractivity contribution in [3.63, 3.8) is 0 Å². The van der Waals surface area contributed by atoms with Crippen LogP contribution in [-0.4, -0.2) is 19.6 Å². The number of rotatable bonds is 4. The molecule has 0 aliphatic heterocycles. The molecule has 0 radical (unpaired) electrons. The number of anilines is 1. The molecule has 2 rings (SSSR count). The van der Waals surface area contributed by atoms with Crippen molar-refractivity contribution in [2.45, 2.75) is 13.8 Å². The van der Waals surface area contributed by atoms with E-state index in [0.717, 1.165) is 15.5 Å². The lowest BCUT2D eigenvalue weighted by Gasteiger charge is -2.22. The fourth-order valence-corrected chi connectivity index (χ4v) is 2.38. The van der Waals surface area contributed by atoms with Gasteiger partial charge in [-0.25, -0.2) is 0 Å². The number of halogens is 1. The Morgan fingerprint density at radius 1 is 1.20 bits per heavy atom. The first-order chi connectivity index (χ1) is 9.42. The van der Waals surface area contributed by atoms with Crippen molar-refractivity contribution >= 4 is 38.4 Å². The second kappa shape index (κ2) is 5.83. The summed E-state index contributed by atoms with van der Waals surface area (Å²) in [4.78, 5) is 11.6. The van der Waals surface area contributed by atoms with E-state index >= 15 is 0 Å². The summed E-state index contributed by atoms with van der Waals surface area (Å²) < 4.78 is 5.87. The maximum Gasteiger partial charge on any atom is 0.313 e. The van der Waals surface area contributed by atoms with Gasteiger partial charge in [-0.1, -0.05) is 28.1 Å². The number of carbonyl (C=O) groups excluding carboxylic acids is 1. The quantitative estimate of drug-likeness (QED) is 0.850. The zero-order chi connectivity index (χ0) is 14.8. The summed E-state index contributed by atoms with van der Waals surface area (Å²) in [6.07, 6.45) is 0. The minimum absolute atomic E-state index is 0.213. The fraction of sp³-hybridized carbons (Fsp3) is 0.312. The van der Waals surface area contributed by atoms with Crippen LogP contribution in [0.2, 0.25) is 0 Å². The molecule has 0 amide bonds. The van der Waals surface area contributed by atoms with E-state index in [1.807, 2.05) is 26.0 Å². The van der Waals surface area contributed by atoms with Gasteiger partial charge in [-0.3, -0.25) is 4.79 Å². The van der Waals surface area contributed by atoms with Crippen molar-refractivity contribution < 1.29 is 9.53 Å². The minimum Gasteiger partial charge on any atom is -0.469 e. The van der Waals surface area contributed by atoms with E-state index in [9.17, 15) is 4.79 Å². The van der Waals surface area contributed by atoms with Gasteiger partial charge in [-0.2, -0.15) is 0 Å². The maximum absolute atomic E-state index is 11.6. The van der Waals surface area contributed by atoms with E-state index in [4.69, 9.17) is 4.74 Å². The van der Waals surface area contributed by atoms with E-state index in [-0.39, 0.29) is 5.97 Å². The molecule has 0 bridgehead atoms. The molecule has 106 valence electrons. The van der Waals surface area contributed by atoms with Gasteiger partial charge >= 0.3 is 5.97 Å². The highest BCUT2D eigenvalue weighted by atomic mass is 79.9. The highest BCUT2D eigenvalue weighted by Crippen LogP contribution is 2.24. The maximum atomic E-state index is 11.6. The number of ether oxygens (including phenoxy) is 1. The second-order valence-corrected chi connectivity index (χ2v) is 6.35. The monoisotopic (exact) mass is 335 g/mol. The molecule has 0 atom stereocenters. The molecule has 0 saturated carbocycles. The number of nitrogens with one attached hydrogen (secondary N) is 1. The SMILES string of the molecule is COC(=O)C(C)(C)CNc1ccc2cc(Br)ccc2c1. The number of hydrogen-bond acceptors (Lipinski definition) is 3. The predicted octanol–water partition coefficient (Wildman–Crippen LogP) is 4.21. The molecule has 0 saturated heterocycles. The Hall–Kier alpha value is -1.55. The molecule has 1 N–H and O–H groups in total. The average molecular weight is 336 g/mol. The van der Waals surface area contributed by atoms with Gasteiger partial charge < -0.3 is 10.1 Å². The van der Waals surface area contributed by atoms with E-state index < -0.39 is 5.41 Å². The van der Waals surface area contributed by atoms with Crippen LogP contribution in [0.15, 0.2) is 40.9 Å². The third kappa shape index (κ3) is 3.31. The molecular formula is C16H18BrNO2. The summed E-state index contributed by atoms with van der Waals surface area (Å²) in [5.41, 5.74) is 0.445. The van der Waals surface area contributed by atoms with Crippen molar-refractivity contribution in [1.29, 1.82) is 0 Å². The molecule has 2 aromatic carbocycles. The Kier molecular flexibility index (Phi) is 4.33. The van der Waals surface area contributed by atoms with Crippen LogP contribution in [0.3, 0.4) is 0 Å². The molecule has 20 heavy (non-hydrogen) atoms. The molecule has 0 spiro atoms. The van der Waals surface area contributed by atoms with Crippen LogP contribution in [0.4, 0.5) is 5.69 Å². The van der Waals surface area contributed by atoms with Crippen LogP contribution < -0.4 is 5.32 Å². The predicted molar refractivity (Wildman–Crippen MR) is 85.9 cm³/mol. The molecular weight excluding hydrogens is 318 g/mol. The van der Waals surface area contributed by atoms with Crippen LogP contribution in [0.25, 0.3) is 10.8 Å². The zero-order valence-electron chi connectivity index (χ0n) is 11.9. The topological polar surface area (TPSA) is 38.3 Å². The minimum atomic E-state index is -0.552. The van der Waals surface area contributed by atoms with Gasteiger partial charge in [0, 0.05) is 16.7 Å². The number of methoxy groups -OCH3 is 1. The van der Waals surface area contributed by atoms with E-state index in [2.05, 4.69) is 45.5 Å². The van der Waals surface area contributed by atoms with Gasteiger partial charge in [-0.05, 0) is 48.9 Å². The summed E-state index contributed by atoms with van der Waals surface area (Å²) >= 11 is 3.46. The Morgan fingerprint density at radius 3 is 2.55 bits per heavy atom. The fourth-order valence-electron chi connectivity index (χ4n) is 2.00. The number of esters is 1. The summed E-state index contributed by atoms with van der Waals surface area (Å²) in [6.45, 7) is 4.26. The molecule has 3 nitrogen and oxygen atoms in total. The van der Waals surface area contributed by atoms with Crippen LogP contribution in [0, 0.1) is 5.41 Å². The van der Waals surface area contributed by atoms with Gasteiger partial charge in [0.2, 0.25) is 0 Å². The Bertz CT molecular complexity index is 637. The van der Waals surface area contributed by atoms with Crippen molar-refractivity contribution in [2.24, 2.45) is 5.41 Å². The third-order valence-electron chi connectivity index (χ3n) is 3.27. The van der Waals surface area contributed by atoms with E-state index in [0.29, 0.717) is 6.54 Å². The summed E-state index contributed by atoms with van der Waals surface area (Å²) in [5, 5.41) is 5.63. The summed E-state index contributed by atoms with van der Waals surface area (Å²) in [5.74, 6) is -0.213. The highest BCUT2D eigenvalue weighted by molar-refractivity contribution is 9.10. The Morgan fingerprint density at radius 2 is 1.85 bits per heavy atom. The standard InChI is InChI=1S/C16H18BrNO2/c1-16(2,15(19)20-3)10-18-14-7-5-11-8-13(17)6-4-12(11)9-14/h4-9,18H,10H2,1-3H3. The van der Waals surface area contributed by atoms with Crippen LogP contribution >= 0.6 is 15.9 Å². The van der Waals surface area contributed by atoms with Crippen molar-refractivity contribution in [3.05, 3.63) is 40.9 Å². The number of fused-ring (bicyclic) bond motifs is 1. The lowest BCUT2D eigenvalue weighted by Crippen LogP contribution is -2.33. The van der Waals surface area contributed by atoms with Crippen molar-refractivity contribution in [3.8, 4) is 0 Å². The summed E-state index contributed by atoms with van der Waals surface area (Å²) in [7, 11) is 1.41. The Balaban J connectivity index is 2.14. The number of hydrogen-bond donors (Lipinski definition) is 1. The van der Waals surface area contributed by atoms with Crippen LogP contribution in [0.5, 0.6) is 0 Å². The Labute approximate surface area is 127 Å². The van der Waals surface area contributed by atoms with E-state index in [1.165, 1.54) is 12.5 Å². The second-order valence-electron chi connectivity index (χ2n) is 5.44. The summed E-state index contributed by atoms with van der Waals surface area (Å²) in [6, 6.07) is 12.3. The smallest absolute Gasteiger partial charge is 0.313 e.